The fraction of sp³-hybridized carbons (Fsp3) is 0. The number of aromatic carboxylic acids is 1. The van der Waals surface area contributed by atoms with Gasteiger partial charge in [0.25, 0.3) is 5.78 Å². The van der Waals surface area contributed by atoms with E-state index in [0.717, 1.165) is 0 Å². The Kier molecular flexibility index (Phi) is 2.26. The summed E-state index contributed by atoms with van der Waals surface area (Å²) in [4.78, 5) is 19.2. The largest absolute Gasteiger partial charge is 0.478 e. The molecule has 0 bridgehead atoms. The summed E-state index contributed by atoms with van der Waals surface area (Å²) in [6.45, 7) is 0. The highest BCUT2D eigenvalue weighted by Crippen LogP contribution is 2.17. The van der Waals surface area contributed by atoms with Gasteiger partial charge in [0.05, 0.1) is 5.56 Å². The summed E-state index contributed by atoms with van der Waals surface area (Å²) in [6.07, 6.45) is 3.36. The van der Waals surface area contributed by atoms with Crippen LogP contribution in [0.4, 0.5) is 0 Å². The minimum absolute atomic E-state index is 0.208. The van der Waals surface area contributed by atoms with Crippen molar-refractivity contribution >= 4 is 11.7 Å². The molecule has 0 amide bonds. The quantitative estimate of drug-likeness (QED) is 0.734. The highest BCUT2D eigenvalue weighted by Gasteiger charge is 2.09. The Labute approximate surface area is 102 Å². The molecule has 1 aromatic carbocycles. The number of carboxylic acid groups (broad SMARTS) is 1. The molecule has 3 aromatic rings. The van der Waals surface area contributed by atoms with Crippen LogP contribution >= 0.6 is 0 Å². The lowest BCUT2D eigenvalue weighted by molar-refractivity contribution is 0.0697. The molecule has 1 N–H and O–H groups in total. The lowest BCUT2D eigenvalue weighted by atomic mass is 10.1. The second-order valence-corrected chi connectivity index (χ2v) is 3.69. The molecule has 0 unspecified atom stereocenters. The van der Waals surface area contributed by atoms with E-state index in [4.69, 9.17) is 5.11 Å². The smallest absolute Gasteiger partial charge is 0.335 e. The highest BCUT2D eigenvalue weighted by atomic mass is 16.4. The monoisotopic (exact) mass is 240 g/mol. The van der Waals surface area contributed by atoms with Crippen molar-refractivity contribution in [3.8, 4) is 11.4 Å². The van der Waals surface area contributed by atoms with Gasteiger partial charge in [-0.3, -0.25) is 0 Å². The molecule has 0 saturated heterocycles. The first-order valence-corrected chi connectivity index (χ1v) is 5.25. The maximum absolute atomic E-state index is 10.9. The van der Waals surface area contributed by atoms with E-state index in [9.17, 15) is 4.79 Å². The van der Waals surface area contributed by atoms with Crippen molar-refractivity contribution in [2.45, 2.75) is 0 Å². The molecule has 0 saturated carbocycles. The Morgan fingerprint density at radius 3 is 2.94 bits per heavy atom. The molecule has 0 aliphatic carbocycles. The molecular formula is C12H8N4O2. The Morgan fingerprint density at radius 1 is 1.28 bits per heavy atom. The van der Waals surface area contributed by atoms with E-state index in [1.54, 1.807) is 35.1 Å². The minimum atomic E-state index is -0.973. The number of carboxylic acids is 1. The molecule has 2 aromatic heterocycles. The molecule has 0 aliphatic heterocycles. The summed E-state index contributed by atoms with van der Waals surface area (Å²) in [5.74, 6) is -0.0382. The predicted molar refractivity (Wildman–Crippen MR) is 63.2 cm³/mol. The molecule has 0 fully saturated rings. The first-order chi connectivity index (χ1) is 8.74. The normalized spacial score (nSPS) is 10.7. The maximum Gasteiger partial charge on any atom is 0.335 e. The predicted octanol–water partition coefficient (Wildman–Crippen LogP) is 1.49. The van der Waals surface area contributed by atoms with Crippen molar-refractivity contribution in [1.82, 2.24) is 19.6 Å². The van der Waals surface area contributed by atoms with Crippen LogP contribution in [0.15, 0.2) is 42.7 Å². The standard InChI is InChI=1S/C12H8N4O2/c17-11(18)9-4-1-3-8(7-9)10-14-12-13-5-2-6-16(12)15-10/h1-7H,(H,17,18). The molecule has 0 aliphatic rings. The van der Waals surface area contributed by atoms with E-state index >= 15 is 0 Å². The van der Waals surface area contributed by atoms with Gasteiger partial charge in [-0.25, -0.2) is 14.3 Å². The van der Waals surface area contributed by atoms with Gasteiger partial charge in [0.2, 0.25) is 0 Å². The SMILES string of the molecule is O=C(O)c1cccc(-c2nc3ncccn3n2)c1. The number of aromatic nitrogens is 4. The van der Waals surface area contributed by atoms with Gasteiger partial charge in [-0.2, -0.15) is 4.98 Å². The van der Waals surface area contributed by atoms with Gasteiger partial charge < -0.3 is 5.11 Å². The fourth-order valence-corrected chi connectivity index (χ4v) is 1.65. The van der Waals surface area contributed by atoms with Crippen molar-refractivity contribution in [1.29, 1.82) is 0 Å². The van der Waals surface area contributed by atoms with Crippen LogP contribution in [0.2, 0.25) is 0 Å². The summed E-state index contributed by atoms with van der Waals surface area (Å²) in [6, 6.07) is 8.25. The summed E-state index contributed by atoms with van der Waals surface area (Å²) in [5.41, 5.74) is 0.861. The van der Waals surface area contributed by atoms with Crippen LogP contribution in [0.25, 0.3) is 17.2 Å². The molecule has 6 heteroatoms. The molecule has 18 heavy (non-hydrogen) atoms. The first-order valence-electron chi connectivity index (χ1n) is 5.25. The molecule has 0 spiro atoms. The molecule has 6 nitrogen and oxygen atoms in total. The number of fused-ring (bicyclic) bond motifs is 1. The lowest BCUT2D eigenvalue weighted by Gasteiger charge is -1.97. The molecule has 3 rings (SSSR count). The Bertz CT molecular complexity index is 703. The Hall–Kier alpha value is -2.76. The second-order valence-electron chi connectivity index (χ2n) is 3.69. The Balaban J connectivity index is 2.13. The van der Waals surface area contributed by atoms with Gasteiger partial charge in [0.1, 0.15) is 0 Å². The van der Waals surface area contributed by atoms with Gasteiger partial charge in [-0.1, -0.05) is 12.1 Å². The average Bonchev–Trinajstić information content (AvgIpc) is 2.82. The van der Waals surface area contributed by atoms with Crippen molar-refractivity contribution in [3.63, 3.8) is 0 Å². The Morgan fingerprint density at radius 2 is 2.17 bits per heavy atom. The third kappa shape index (κ3) is 1.69. The van der Waals surface area contributed by atoms with Gasteiger partial charge in [0.15, 0.2) is 5.82 Å². The lowest BCUT2D eigenvalue weighted by Crippen LogP contribution is -1.96. The van der Waals surface area contributed by atoms with Crippen molar-refractivity contribution < 1.29 is 9.90 Å². The molecular weight excluding hydrogens is 232 g/mol. The fourth-order valence-electron chi connectivity index (χ4n) is 1.65. The van der Waals surface area contributed by atoms with E-state index in [-0.39, 0.29) is 5.56 Å². The average molecular weight is 240 g/mol. The van der Waals surface area contributed by atoms with Crippen LogP contribution in [0.3, 0.4) is 0 Å². The third-order valence-electron chi connectivity index (χ3n) is 2.48. The third-order valence-corrected chi connectivity index (χ3v) is 2.48. The molecule has 2 heterocycles. The van der Waals surface area contributed by atoms with E-state index in [0.29, 0.717) is 17.2 Å². The van der Waals surface area contributed by atoms with Crippen LogP contribution in [-0.2, 0) is 0 Å². The van der Waals surface area contributed by atoms with E-state index < -0.39 is 5.97 Å². The number of hydrogen-bond acceptors (Lipinski definition) is 4. The van der Waals surface area contributed by atoms with Gasteiger partial charge in [-0.05, 0) is 18.2 Å². The summed E-state index contributed by atoms with van der Waals surface area (Å²) in [7, 11) is 0. The van der Waals surface area contributed by atoms with E-state index in [1.807, 2.05) is 0 Å². The number of nitrogens with zero attached hydrogens (tertiary/aromatic N) is 4. The van der Waals surface area contributed by atoms with Crippen LogP contribution in [0, 0.1) is 0 Å². The van der Waals surface area contributed by atoms with Crippen molar-refractivity contribution in [2.24, 2.45) is 0 Å². The zero-order valence-electron chi connectivity index (χ0n) is 9.19. The number of benzene rings is 1. The number of hydrogen-bond donors (Lipinski definition) is 1. The first kappa shape index (κ1) is 10.4. The van der Waals surface area contributed by atoms with E-state index in [1.165, 1.54) is 12.1 Å². The molecule has 0 atom stereocenters. The van der Waals surface area contributed by atoms with Crippen LogP contribution in [0.1, 0.15) is 10.4 Å². The number of carbonyl (C=O) groups is 1. The van der Waals surface area contributed by atoms with E-state index in [2.05, 4.69) is 15.1 Å². The summed E-state index contributed by atoms with van der Waals surface area (Å²) >= 11 is 0. The van der Waals surface area contributed by atoms with Crippen LogP contribution in [0.5, 0.6) is 0 Å². The summed E-state index contributed by atoms with van der Waals surface area (Å²) in [5, 5.41) is 13.2. The van der Waals surface area contributed by atoms with Crippen molar-refractivity contribution in [3.05, 3.63) is 48.3 Å². The zero-order chi connectivity index (χ0) is 12.5. The highest BCUT2D eigenvalue weighted by molar-refractivity contribution is 5.89. The minimum Gasteiger partial charge on any atom is -0.478 e. The van der Waals surface area contributed by atoms with Gasteiger partial charge in [0, 0.05) is 18.0 Å². The van der Waals surface area contributed by atoms with Crippen molar-refractivity contribution in [2.75, 3.05) is 0 Å². The van der Waals surface area contributed by atoms with Crippen LogP contribution < -0.4 is 0 Å². The van der Waals surface area contributed by atoms with Gasteiger partial charge >= 0.3 is 5.97 Å². The molecule has 0 radical (unpaired) electrons. The van der Waals surface area contributed by atoms with Gasteiger partial charge in [-0.15, -0.1) is 5.10 Å². The summed E-state index contributed by atoms with van der Waals surface area (Å²) < 4.78 is 1.54. The second kappa shape index (κ2) is 3.92. The van der Waals surface area contributed by atoms with Crippen LogP contribution in [-0.4, -0.2) is 30.7 Å². The maximum atomic E-state index is 10.9. The topological polar surface area (TPSA) is 80.4 Å². The number of rotatable bonds is 2. The molecule has 88 valence electrons. The zero-order valence-corrected chi connectivity index (χ0v) is 9.19.